The Balaban J connectivity index is 0.00000450. The number of rotatable bonds is 8. The maximum atomic E-state index is 12.6. The van der Waals surface area contributed by atoms with E-state index in [-0.39, 0.29) is 30.5 Å². The molecule has 0 aliphatic rings. The van der Waals surface area contributed by atoms with Crippen molar-refractivity contribution in [3.05, 3.63) is 33.8 Å². The average molecular weight is 560 g/mol. The lowest BCUT2D eigenvalue weighted by atomic mass is 10.2. The molecule has 0 amide bonds. The Labute approximate surface area is 194 Å². The number of aromatic nitrogens is 1. The van der Waals surface area contributed by atoms with Crippen LogP contribution in [0.25, 0.3) is 0 Å². The van der Waals surface area contributed by atoms with Crippen LogP contribution in [-0.4, -0.2) is 38.8 Å². The normalized spacial score (nSPS) is 11.5. The molecule has 0 aliphatic carbocycles. The molecule has 12 heteroatoms. The predicted molar refractivity (Wildman–Crippen MR) is 120 cm³/mol. The van der Waals surface area contributed by atoms with Crippen LogP contribution >= 0.6 is 35.3 Å². The second kappa shape index (κ2) is 12.0. The summed E-state index contributed by atoms with van der Waals surface area (Å²) in [5.74, 6) is 2.01. The van der Waals surface area contributed by atoms with E-state index < -0.39 is 11.9 Å². The van der Waals surface area contributed by atoms with Gasteiger partial charge in [-0.1, -0.05) is 0 Å². The van der Waals surface area contributed by atoms with E-state index in [1.165, 1.54) is 14.2 Å². The summed E-state index contributed by atoms with van der Waals surface area (Å²) < 4.78 is 54.2. The summed E-state index contributed by atoms with van der Waals surface area (Å²) in [6.07, 6.45) is -4.44. The number of hydrogen-bond donors (Lipinski definition) is 2. The lowest BCUT2D eigenvalue weighted by Gasteiger charge is -2.16. The van der Waals surface area contributed by atoms with Crippen LogP contribution in [0.2, 0.25) is 0 Å². The highest BCUT2D eigenvalue weighted by Gasteiger charge is 2.33. The first-order valence-electron chi connectivity index (χ1n) is 8.66. The Morgan fingerprint density at radius 1 is 1.13 bits per heavy atom. The number of ether oxygens (including phenoxy) is 3. The highest BCUT2D eigenvalue weighted by atomic mass is 127. The Bertz CT molecular complexity index is 821. The summed E-state index contributed by atoms with van der Waals surface area (Å²) >= 11 is 0.936. The third-order valence-electron chi connectivity index (χ3n) is 3.74. The van der Waals surface area contributed by atoms with E-state index in [0.29, 0.717) is 41.4 Å². The zero-order chi connectivity index (χ0) is 21.4. The average Bonchev–Trinajstić information content (AvgIpc) is 3.18. The van der Waals surface area contributed by atoms with Crippen molar-refractivity contribution in [2.24, 2.45) is 4.99 Å². The van der Waals surface area contributed by atoms with Crippen LogP contribution in [-0.2, 0) is 19.3 Å². The number of benzene rings is 1. The molecule has 0 saturated carbocycles. The van der Waals surface area contributed by atoms with E-state index in [0.717, 1.165) is 22.3 Å². The minimum Gasteiger partial charge on any atom is -0.493 e. The highest BCUT2D eigenvalue weighted by molar-refractivity contribution is 14.0. The van der Waals surface area contributed by atoms with Crippen molar-refractivity contribution < 1.29 is 27.4 Å². The molecule has 2 N–H and O–H groups in total. The van der Waals surface area contributed by atoms with Crippen LogP contribution in [0.4, 0.5) is 13.2 Å². The van der Waals surface area contributed by atoms with E-state index in [2.05, 4.69) is 20.6 Å². The molecule has 0 atom stereocenters. The number of methoxy groups -OCH3 is 2. The van der Waals surface area contributed by atoms with Crippen LogP contribution in [0.15, 0.2) is 22.5 Å². The quantitative estimate of drug-likeness (QED) is 0.288. The van der Waals surface area contributed by atoms with Gasteiger partial charge in [0.2, 0.25) is 5.75 Å². The summed E-state index contributed by atoms with van der Waals surface area (Å²) in [4.78, 5) is 7.65. The fourth-order valence-electron chi connectivity index (χ4n) is 2.41. The number of hydrogen-bond acceptors (Lipinski definition) is 6. The van der Waals surface area contributed by atoms with E-state index in [1.54, 1.807) is 7.05 Å². The van der Waals surface area contributed by atoms with Crippen LogP contribution in [0, 0.1) is 0 Å². The molecule has 2 rings (SSSR count). The molecule has 1 heterocycles. The Kier molecular flexibility index (Phi) is 10.5. The first kappa shape index (κ1) is 26.1. The van der Waals surface area contributed by atoms with Gasteiger partial charge in [-0.15, -0.1) is 35.3 Å². The van der Waals surface area contributed by atoms with Gasteiger partial charge >= 0.3 is 6.18 Å². The van der Waals surface area contributed by atoms with Gasteiger partial charge in [0.1, 0.15) is 5.01 Å². The molecular formula is C18H24F3IN4O3S. The van der Waals surface area contributed by atoms with Crippen LogP contribution < -0.4 is 24.8 Å². The monoisotopic (exact) mass is 560 g/mol. The van der Waals surface area contributed by atoms with Gasteiger partial charge in [0.05, 0.1) is 27.4 Å². The molecule has 0 fully saturated rings. The number of guanidine groups is 1. The number of nitrogens with zero attached hydrogens (tertiary/aromatic N) is 2. The molecule has 30 heavy (non-hydrogen) atoms. The summed E-state index contributed by atoms with van der Waals surface area (Å²) in [5.41, 5.74) is -0.0467. The third-order valence-corrected chi connectivity index (χ3v) is 4.59. The first-order chi connectivity index (χ1) is 13.8. The molecule has 0 saturated heterocycles. The molecule has 168 valence electrons. The Hall–Kier alpha value is -1.96. The molecule has 0 bridgehead atoms. The highest BCUT2D eigenvalue weighted by Crippen LogP contribution is 2.38. The van der Waals surface area contributed by atoms with Crippen molar-refractivity contribution in [3.63, 3.8) is 0 Å². The maximum absolute atomic E-state index is 12.6. The Morgan fingerprint density at radius 2 is 1.73 bits per heavy atom. The van der Waals surface area contributed by atoms with Gasteiger partial charge in [-0.3, -0.25) is 4.99 Å². The zero-order valence-corrected chi connectivity index (χ0v) is 20.1. The number of thiazole rings is 1. The van der Waals surface area contributed by atoms with Crippen molar-refractivity contribution in [3.8, 4) is 17.2 Å². The van der Waals surface area contributed by atoms with Gasteiger partial charge in [0, 0.05) is 19.0 Å². The van der Waals surface area contributed by atoms with Gasteiger partial charge < -0.3 is 24.8 Å². The molecule has 0 spiro atoms. The first-order valence-corrected chi connectivity index (χ1v) is 9.54. The summed E-state index contributed by atoms with van der Waals surface area (Å²) in [5, 5.41) is 7.33. The maximum Gasteiger partial charge on any atom is 0.434 e. The lowest BCUT2D eigenvalue weighted by Crippen LogP contribution is -2.36. The van der Waals surface area contributed by atoms with Gasteiger partial charge in [0.15, 0.2) is 23.2 Å². The van der Waals surface area contributed by atoms with E-state index in [9.17, 15) is 13.2 Å². The molecule has 0 radical (unpaired) electrons. The number of alkyl halides is 3. The number of aliphatic imine (C=N–C) groups is 1. The summed E-state index contributed by atoms with van der Waals surface area (Å²) in [7, 11) is 4.65. The second-order valence-corrected chi connectivity index (χ2v) is 6.61. The van der Waals surface area contributed by atoms with Gasteiger partial charge in [-0.05, 0) is 24.6 Å². The molecule has 7 nitrogen and oxygen atoms in total. The topological polar surface area (TPSA) is 77.0 Å². The minimum atomic E-state index is -4.44. The number of nitrogens with one attached hydrogen (secondary N) is 2. The molecule has 1 aromatic heterocycles. The third kappa shape index (κ3) is 7.07. The summed E-state index contributed by atoms with van der Waals surface area (Å²) in [6, 6.07) is 3.62. The fraction of sp³-hybridized carbons (Fsp3) is 0.444. The van der Waals surface area contributed by atoms with Crippen LogP contribution in [0.3, 0.4) is 0 Å². The predicted octanol–water partition coefficient (Wildman–Crippen LogP) is 4.06. The lowest BCUT2D eigenvalue weighted by molar-refractivity contribution is -0.140. The fourth-order valence-corrected chi connectivity index (χ4v) is 3.15. The van der Waals surface area contributed by atoms with Crippen molar-refractivity contribution in [1.82, 2.24) is 15.6 Å². The smallest absolute Gasteiger partial charge is 0.434 e. The van der Waals surface area contributed by atoms with Crippen molar-refractivity contribution in [2.75, 3.05) is 27.9 Å². The molecule has 2 aromatic rings. The van der Waals surface area contributed by atoms with E-state index in [4.69, 9.17) is 14.2 Å². The largest absolute Gasteiger partial charge is 0.493 e. The van der Waals surface area contributed by atoms with Crippen molar-refractivity contribution >= 4 is 41.3 Å². The summed E-state index contributed by atoms with van der Waals surface area (Å²) in [6.45, 7) is 2.83. The molecular weight excluding hydrogens is 536 g/mol. The van der Waals surface area contributed by atoms with Gasteiger partial charge in [0.25, 0.3) is 0 Å². The van der Waals surface area contributed by atoms with E-state index >= 15 is 0 Å². The van der Waals surface area contributed by atoms with Crippen LogP contribution in [0.5, 0.6) is 17.2 Å². The van der Waals surface area contributed by atoms with Crippen molar-refractivity contribution in [2.45, 2.75) is 26.2 Å². The van der Waals surface area contributed by atoms with Crippen LogP contribution in [0.1, 0.15) is 23.2 Å². The molecule has 0 aliphatic heterocycles. The SMILES string of the molecule is CCOc1c(OC)cc(CNC(=NC)NCc2nc(C(F)(F)F)cs2)cc1OC.I. The molecule has 1 aromatic carbocycles. The second-order valence-electron chi connectivity index (χ2n) is 5.67. The van der Waals surface area contributed by atoms with Gasteiger partial charge in [-0.25, -0.2) is 4.98 Å². The van der Waals surface area contributed by atoms with Crippen molar-refractivity contribution in [1.29, 1.82) is 0 Å². The Morgan fingerprint density at radius 3 is 2.20 bits per heavy atom. The molecule has 0 unspecified atom stereocenters. The number of halogens is 4. The minimum absolute atomic E-state index is 0. The standard InChI is InChI=1S/C18H23F3N4O3S.HI/c1-5-28-16-12(26-3)6-11(7-13(16)27-4)8-23-17(22-2)24-9-15-25-14(10-29-15)18(19,20)21;/h6-7,10H,5,8-9H2,1-4H3,(H2,22,23,24);1H. The van der Waals surface area contributed by atoms with E-state index in [1.807, 2.05) is 19.1 Å². The zero-order valence-electron chi connectivity index (χ0n) is 16.9. The van der Waals surface area contributed by atoms with Gasteiger partial charge in [-0.2, -0.15) is 13.2 Å².